The molecule has 1 aliphatic carbocycles. The molecule has 1 heterocycles. The number of hydrogen-bond acceptors (Lipinski definition) is 3. The molecular weight excluding hydrogens is 355 g/mol. The van der Waals surface area contributed by atoms with E-state index in [0.717, 1.165) is 50.0 Å². The zero-order valence-corrected chi connectivity index (χ0v) is 16.0. The van der Waals surface area contributed by atoms with E-state index in [4.69, 9.17) is 0 Å². The van der Waals surface area contributed by atoms with Gasteiger partial charge in [-0.05, 0) is 54.0 Å². The number of halogens is 1. The molecule has 2 aromatic rings. The zero-order valence-electron chi connectivity index (χ0n) is 16.0. The van der Waals surface area contributed by atoms with Gasteiger partial charge in [-0.25, -0.2) is 4.39 Å². The van der Waals surface area contributed by atoms with Crippen LogP contribution in [0.15, 0.2) is 48.5 Å². The van der Waals surface area contributed by atoms with Crippen molar-refractivity contribution in [2.24, 2.45) is 5.92 Å². The van der Waals surface area contributed by atoms with Gasteiger partial charge in [-0.1, -0.05) is 36.4 Å². The number of hydrogen-bond donors (Lipinski definition) is 2. The van der Waals surface area contributed by atoms with Crippen molar-refractivity contribution in [3.63, 3.8) is 0 Å². The van der Waals surface area contributed by atoms with Gasteiger partial charge in [0.2, 0.25) is 5.91 Å². The van der Waals surface area contributed by atoms with Gasteiger partial charge >= 0.3 is 0 Å². The molecule has 1 amide bonds. The fourth-order valence-corrected chi connectivity index (χ4v) is 3.98. The minimum absolute atomic E-state index is 0.000753. The van der Waals surface area contributed by atoms with E-state index in [2.05, 4.69) is 34.5 Å². The Hall–Kier alpha value is -2.24. The first-order chi connectivity index (χ1) is 13.6. The summed E-state index contributed by atoms with van der Waals surface area (Å²) in [6.45, 7) is 3.31. The molecule has 2 aromatic carbocycles. The van der Waals surface area contributed by atoms with Gasteiger partial charge in [0.05, 0.1) is 6.10 Å². The Bertz CT molecular complexity index is 798. The van der Waals surface area contributed by atoms with Crippen molar-refractivity contribution in [1.29, 1.82) is 0 Å². The van der Waals surface area contributed by atoms with E-state index in [-0.39, 0.29) is 29.7 Å². The summed E-state index contributed by atoms with van der Waals surface area (Å²) >= 11 is 0. The van der Waals surface area contributed by atoms with E-state index < -0.39 is 0 Å². The first-order valence-corrected chi connectivity index (χ1v) is 10.1. The van der Waals surface area contributed by atoms with Crippen molar-refractivity contribution < 1.29 is 14.3 Å². The third-order valence-electron chi connectivity index (χ3n) is 5.88. The van der Waals surface area contributed by atoms with Crippen LogP contribution in [0.3, 0.4) is 0 Å². The monoisotopic (exact) mass is 382 g/mol. The standard InChI is InChI=1S/C23H27FN2O2/c24-19-7-5-18(6-8-19)21-13-22(21)23(28)25-14-16-1-3-17(4-2-16)15-26-11-9-20(27)10-12-26/h1-8,20-22,27H,9-15H2,(H,25,28). The van der Waals surface area contributed by atoms with Crippen LogP contribution in [0.2, 0.25) is 0 Å². The van der Waals surface area contributed by atoms with Crippen LogP contribution in [-0.4, -0.2) is 35.1 Å². The molecule has 4 nitrogen and oxygen atoms in total. The lowest BCUT2D eigenvalue weighted by atomic mass is 10.1. The van der Waals surface area contributed by atoms with E-state index in [1.54, 1.807) is 12.1 Å². The molecule has 148 valence electrons. The van der Waals surface area contributed by atoms with Crippen molar-refractivity contribution in [2.45, 2.75) is 44.4 Å². The van der Waals surface area contributed by atoms with Crippen molar-refractivity contribution in [3.8, 4) is 0 Å². The summed E-state index contributed by atoms with van der Waals surface area (Å²) in [5.41, 5.74) is 3.38. The molecule has 4 rings (SSSR count). The highest BCUT2D eigenvalue weighted by molar-refractivity contribution is 5.82. The number of carbonyl (C=O) groups excluding carboxylic acids is 1. The summed E-state index contributed by atoms with van der Waals surface area (Å²) in [6, 6.07) is 14.8. The van der Waals surface area contributed by atoms with Gasteiger partial charge < -0.3 is 10.4 Å². The lowest BCUT2D eigenvalue weighted by Gasteiger charge is -2.29. The second-order valence-corrected chi connectivity index (χ2v) is 8.04. The summed E-state index contributed by atoms with van der Waals surface area (Å²) in [5.74, 6) is 0.0437. The highest BCUT2D eigenvalue weighted by atomic mass is 19.1. The van der Waals surface area contributed by atoms with Crippen LogP contribution in [0, 0.1) is 11.7 Å². The second-order valence-electron chi connectivity index (χ2n) is 8.04. The normalized spacial score (nSPS) is 22.8. The van der Waals surface area contributed by atoms with E-state index in [0.29, 0.717) is 6.54 Å². The number of carbonyl (C=O) groups is 1. The summed E-state index contributed by atoms with van der Waals surface area (Å²) in [6.07, 6.45) is 2.39. The van der Waals surface area contributed by atoms with Crippen LogP contribution >= 0.6 is 0 Å². The smallest absolute Gasteiger partial charge is 0.224 e. The molecule has 2 atom stereocenters. The second kappa shape index (κ2) is 8.41. The van der Waals surface area contributed by atoms with E-state index in [1.165, 1.54) is 17.7 Å². The molecule has 2 aliphatic rings. The maximum Gasteiger partial charge on any atom is 0.224 e. The van der Waals surface area contributed by atoms with Crippen molar-refractivity contribution >= 4 is 5.91 Å². The van der Waals surface area contributed by atoms with Crippen molar-refractivity contribution in [3.05, 3.63) is 71.0 Å². The zero-order chi connectivity index (χ0) is 19.5. The van der Waals surface area contributed by atoms with Crippen molar-refractivity contribution in [2.75, 3.05) is 13.1 Å². The van der Waals surface area contributed by atoms with Gasteiger partial charge in [0.15, 0.2) is 0 Å². The molecule has 0 spiro atoms. The summed E-state index contributed by atoms with van der Waals surface area (Å²) in [4.78, 5) is 14.7. The maximum atomic E-state index is 13.0. The number of nitrogens with zero attached hydrogens (tertiary/aromatic N) is 1. The Morgan fingerprint density at radius 3 is 2.36 bits per heavy atom. The topological polar surface area (TPSA) is 52.6 Å². The van der Waals surface area contributed by atoms with E-state index in [9.17, 15) is 14.3 Å². The van der Waals surface area contributed by atoms with E-state index >= 15 is 0 Å². The highest BCUT2D eigenvalue weighted by Crippen LogP contribution is 2.47. The highest BCUT2D eigenvalue weighted by Gasteiger charge is 2.43. The Labute approximate surface area is 165 Å². The number of aliphatic hydroxyl groups is 1. The van der Waals surface area contributed by atoms with Crippen LogP contribution in [0.4, 0.5) is 4.39 Å². The summed E-state index contributed by atoms with van der Waals surface area (Å²) < 4.78 is 13.0. The number of amides is 1. The maximum absolute atomic E-state index is 13.0. The van der Waals surface area contributed by atoms with Crippen molar-refractivity contribution in [1.82, 2.24) is 10.2 Å². The van der Waals surface area contributed by atoms with E-state index in [1.807, 2.05) is 0 Å². The molecule has 2 N–H and O–H groups in total. The number of benzene rings is 2. The molecule has 1 saturated carbocycles. The summed E-state index contributed by atoms with van der Waals surface area (Å²) in [5, 5.41) is 12.6. The SMILES string of the molecule is O=C(NCc1ccc(CN2CCC(O)CC2)cc1)C1CC1c1ccc(F)cc1. The van der Waals surface area contributed by atoms with Gasteiger partial charge in [-0.15, -0.1) is 0 Å². The van der Waals surface area contributed by atoms with Crippen LogP contribution < -0.4 is 5.32 Å². The molecule has 1 saturated heterocycles. The largest absolute Gasteiger partial charge is 0.393 e. The number of aliphatic hydroxyl groups excluding tert-OH is 1. The van der Waals surface area contributed by atoms with Crippen LogP contribution in [0.1, 0.15) is 41.9 Å². The number of piperidine rings is 1. The summed E-state index contributed by atoms with van der Waals surface area (Å²) in [7, 11) is 0. The lowest BCUT2D eigenvalue weighted by Crippen LogP contribution is -2.35. The average molecular weight is 382 g/mol. The molecule has 28 heavy (non-hydrogen) atoms. The lowest BCUT2D eigenvalue weighted by molar-refractivity contribution is -0.122. The fourth-order valence-electron chi connectivity index (χ4n) is 3.98. The molecule has 1 aliphatic heterocycles. The molecule has 0 aromatic heterocycles. The van der Waals surface area contributed by atoms with Crippen LogP contribution in [0.25, 0.3) is 0 Å². The first-order valence-electron chi connectivity index (χ1n) is 10.1. The molecule has 2 fully saturated rings. The van der Waals surface area contributed by atoms with Gasteiger partial charge in [-0.2, -0.15) is 0 Å². The van der Waals surface area contributed by atoms with Gasteiger partial charge in [0.1, 0.15) is 5.82 Å². The third-order valence-corrected chi connectivity index (χ3v) is 5.88. The molecule has 0 radical (unpaired) electrons. The minimum Gasteiger partial charge on any atom is -0.393 e. The third kappa shape index (κ3) is 4.78. The van der Waals surface area contributed by atoms with Gasteiger partial charge in [-0.3, -0.25) is 9.69 Å². The van der Waals surface area contributed by atoms with Crippen LogP contribution in [0.5, 0.6) is 0 Å². The molecule has 5 heteroatoms. The quantitative estimate of drug-likeness (QED) is 0.807. The Morgan fingerprint density at radius 2 is 1.68 bits per heavy atom. The number of nitrogens with one attached hydrogen (secondary N) is 1. The molecular formula is C23H27FN2O2. The van der Waals surface area contributed by atoms with Gasteiger partial charge in [0.25, 0.3) is 0 Å². The minimum atomic E-state index is -0.244. The Kier molecular flexibility index (Phi) is 5.74. The Morgan fingerprint density at radius 1 is 1.04 bits per heavy atom. The number of rotatable bonds is 6. The molecule has 2 unspecified atom stereocenters. The molecule has 0 bridgehead atoms. The predicted octanol–water partition coefficient (Wildman–Crippen LogP) is 3.20. The fraction of sp³-hybridized carbons (Fsp3) is 0.435. The first kappa shape index (κ1) is 19.1. The Balaban J connectivity index is 1.23. The van der Waals surface area contributed by atoms with Gasteiger partial charge in [0, 0.05) is 32.1 Å². The predicted molar refractivity (Wildman–Crippen MR) is 106 cm³/mol. The average Bonchev–Trinajstić information content (AvgIpc) is 3.50. The van der Waals surface area contributed by atoms with Crippen LogP contribution in [-0.2, 0) is 17.9 Å². The number of likely N-dealkylation sites (tertiary alicyclic amines) is 1.